The first-order valence-corrected chi connectivity index (χ1v) is 4.82. The summed E-state index contributed by atoms with van der Waals surface area (Å²) in [7, 11) is 0. The largest absolute Gasteiger partial charge is 0.428 e. The van der Waals surface area contributed by atoms with E-state index in [2.05, 4.69) is 5.92 Å². The molecule has 0 heterocycles. The van der Waals surface area contributed by atoms with Gasteiger partial charge < -0.3 is 10.8 Å². The van der Waals surface area contributed by atoms with Gasteiger partial charge in [0.25, 0.3) is 0 Å². The van der Waals surface area contributed by atoms with Crippen molar-refractivity contribution < 1.29 is 18.3 Å². The molecule has 1 aromatic rings. The van der Waals surface area contributed by atoms with Gasteiger partial charge in [0.15, 0.2) is 0 Å². The Kier molecular flexibility index (Phi) is 3.39. The fourth-order valence-corrected chi connectivity index (χ4v) is 1.02. The minimum atomic E-state index is -4.77. The van der Waals surface area contributed by atoms with E-state index in [-0.39, 0.29) is 0 Å². The number of hydrogen-bond donors (Lipinski definition) is 2. The van der Waals surface area contributed by atoms with Gasteiger partial charge in [0, 0.05) is 11.3 Å². The van der Waals surface area contributed by atoms with E-state index < -0.39 is 11.8 Å². The Morgan fingerprint density at radius 3 is 2.35 bits per heavy atom. The van der Waals surface area contributed by atoms with Crippen LogP contribution in [0.4, 0.5) is 18.9 Å². The van der Waals surface area contributed by atoms with Crippen LogP contribution in [-0.2, 0) is 0 Å². The van der Waals surface area contributed by atoms with Crippen molar-refractivity contribution in [2.24, 2.45) is 0 Å². The Balaban J connectivity index is 3.04. The predicted molar refractivity (Wildman–Crippen MR) is 59.1 cm³/mol. The van der Waals surface area contributed by atoms with Crippen molar-refractivity contribution in [1.82, 2.24) is 0 Å². The van der Waals surface area contributed by atoms with Gasteiger partial charge in [0.05, 0.1) is 0 Å². The number of benzene rings is 1. The lowest BCUT2D eigenvalue weighted by Crippen LogP contribution is -2.40. The number of aryl methyl sites for hydroxylation is 1. The van der Waals surface area contributed by atoms with Crippen molar-refractivity contribution in [3.63, 3.8) is 0 Å². The molecule has 1 aromatic carbocycles. The van der Waals surface area contributed by atoms with E-state index in [1.54, 1.807) is 25.0 Å². The first-order valence-electron chi connectivity index (χ1n) is 4.82. The zero-order valence-corrected chi connectivity index (χ0v) is 9.39. The maximum atomic E-state index is 12.3. The molecule has 0 saturated carbocycles. The lowest BCUT2D eigenvalue weighted by Gasteiger charge is -2.19. The summed E-state index contributed by atoms with van der Waals surface area (Å²) in [5.41, 5.74) is 4.19. The summed E-state index contributed by atoms with van der Waals surface area (Å²) in [5, 5.41) is 9.11. The van der Waals surface area contributed by atoms with Gasteiger partial charge in [0.2, 0.25) is 5.60 Å². The highest BCUT2D eigenvalue weighted by molar-refractivity contribution is 5.51. The third kappa shape index (κ3) is 3.14. The molecule has 1 atom stereocenters. The van der Waals surface area contributed by atoms with Crippen molar-refractivity contribution in [2.45, 2.75) is 25.6 Å². The third-order valence-electron chi connectivity index (χ3n) is 2.27. The number of hydrogen-bond acceptors (Lipinski definition) is 2. The molecule has 0 amide bonds. The summed E-state index contributed by atoms with van der Waals surface area (Å²) in [4.78, 5) is 0. The number of nitrogen functional groups attached to an aromatic ring is 1. The fourth-order valence-electron chi connectivity index (χ4n) is 1.02. The van der Waals surface area contributed by atoms with Crippen molar-refractivity contribution in [1.29, 1.82) is 0 Å². The first kappa shape index (κ1) is 13.4. The molecule has 92 valence electrons. The van der Waals surface area contributed by atoms with Gasteiger partial charge in [-0.05, 0) is 37.6 Å². The van der Waals surface area contributed by atoms with Gasteiger partial charge in [-0.15, -0.1) is 0 Å². The predicted octanol–water partition coefficient (Wildman–Crippen LogP) is 2.24. The smallest absolute Gasteiger partial charge is 0.399 e. The second-order valence-electron chi connectivity index (χ2n) is 3.89. The zero-order chi connectivity index (χ0) is 13.3. The SMILES string of the molecule is Cc1cc(C#CC(C)(O)C(F)(F)F)ccc1N. The molecule has 3 N–H and O–H groups in total. The van der Waals surface area contributed by atoms with Gasteiger partial charge in [-0.2, -0.15) is 13.2 Å². The van der Waals surface area contributed by atoms with E-state index in [0.29, 0.717) is 18.2 Å². The molecule has 0 fully saturated rings. The van der Waals surface area contributed by atoms with E-state index in [9.17, 15) is 13.2 Å². The van der Waals surface area contributed by atoms with E-state index in [1.807, 2.05) is 0 Å². The van der Waals surface area contributed by atoms with Crippen LogP contribution in [0.3, 0.4) is 0 Å². The van der Waals surface area contributed by atoms with Crippen LogP contribution in [0.2, 0.25) is 0 Å². The second-order valence-corrected chi connectivity index (χ2v) is 3.89. The number of nitrogens with two attached hydrogens (primary N) is 1. The molecular formula is C12H12F3NO. The Labute approximate surface area is 97.3 Å². The van der Waals surface area contributed by atoms with E-state index in [4.69, 9.17) is 10.8 Å². The average molecular weight is 243 g/mol. The lowest BCUT2D eigenvalue weighted by atomic mass is 10.1. The van der Waals surface area contributed by atoms with Gasteiger partial charge in [-0.1, -0.05) is 11.8 Å². The number of alkyl halides is 3. The lowest BCUT2D eigenvalue weighted by molar-refractivity contribution is -0.228. The molecule has 0 aliphatic heterocycles. The van der Waals surface area contributed by atoms with Crippen LogP contribution in [-0.4, -0.2) is 16.9 Å². The number of anilines is 1. The molecule has 0 radical (unpaired) electrons. The van der Waals surface area contributed by atoms with Crippen LogP contribution in [0.15, 0.2) is 18.2 Å². The standard InChI is InChI=1S/C12H12F3NO/c1-8-7-9(3-4-10(8)16)5-6-11(2,17)12(13,14)15/h3-4,7,17H,16H2,1-2H3. The highest BCUT2D eigenvalue weighted by atomic mass is 19.4. The molecular weight excluding hydrogens is 231 g/mol. The second kappa shape index (κ2) is 4.30. The number of aliphatic hydroxyl groups is 1. The monoisotopic (exact) mass is 243 g/mol. The van der Waals surface area contributed by atoms with Crippen molar-refractivity contribution >= 4 is 5.69 Å². The molecule has 2 nitrogen and oxygen atoms in total. The Hall–Kier alpha value is -1.67. The molecule has 0 saturated heterocycles. The maximum Gasteiger partial charge on any atom is 0.428 e. The molecule has 0 aliphatic rings. The Morgan fingerprint density at radius 2 is 1.88 bits per heavy atom. The topological polar surface area (TPSA) is 46.2 Å². The highest BCUT2D eigenvalue weighted by Gasteiger charge is 2.48. The van der Waals surface area contributed by atoms with E-state index in [0.717, 1.165) is 5.56 Å². The molecule has 1 unspecified atom stereocenters. The molecule has 1 rings (SSSR count). The minimum absolute atomic E-state index is 0.376. The van der Waals surface area contributed by atoms with Crippen LogP contribution in [0.25, 0.3) is 0 Å². The fraction of sp³-hybridized carbons (Fsp3) is 0.333. The van der Waals surface area contributed by atoms with Gasteiger partial charge >= 0.3 is 6.18 Å². The quantitative estimate of drug-likeness (QED) is 0.542. The van der Waals surface area contributed by atoms with Gasteiger partial charge in [0.1, 0.15) is 0 Å². The average Bonchev–Trinajstić information content (AvgIpc) is 2.18. The van der Waals surface area contributed by atoms with E-state index in [1.165, 1.54) is 6.07 Å². The van der Waals surface area contributed by atoms with Crippen LogP contribution < -0.4 is 5.73 Å². The van der Waals surface area contributed by atoms with E-state index >= 15 is 0 Å². The van der Waals surface area contributed by atoms with Crippen LogP contribution in [0.1, 0.15) is 18.1 Å². The van der Waals surface area contributed by atoms with Gasteiger partial charge in [-0.25, -0.2) is 0 Å². The summed E-state index contributed by atoms with van der Waals surface area (Å²) >= 11 is 0. The van der Waals surface area contributed by atoms with Crippen LogP contribution in [0.5, 0.6) is 0 Å². The summed E-state index contributed by atoms with van der Waals surface area (Å²) in [6, 6.07) is 4.62. The number of rotatable bonds is 0. The van der Waals surface area contributed by atoms with Crippen LogP contribution in [0, 0.1) is 18.8 Å². The summed E-state index contributed by atoms with van der Waals surface area (Å²) in [6.45, 7) is 2.34. The summed E-state index contributed by atoms with van der Waals surface area (Å²) < 4.78 is 36.9. The highest BCUT2D eigenvalue weighted by Crippen LogP contribution is 2.29. The molecule has 17 heavy (non-hydrogen) atoms. The summed E-state index contributed by atoms with van der Waals surface area (Å²) in [6.07, 6.45) is -4.77. The molecule has 5 heteroatoms. The molecule has 0 aromatic heterocycles. The first-order chi connectivity index (χ1) is 7.63. The molecule has 0 spiro atoms. The maximum absolute atomic E-state index is 12.3. The van der Waals surface area contributed by atoms with Gasteiger partial charge in [-0.3, -0.25) is 0 Å². The normalized spacial score (nSPS) is 14.7. The van der Waals surface area contributed by atoms with Crippen molar-refractivity contribution in [3.05, 3.63) is 29.3 Å². The van der Waals surface area contributed by atoms with Crippen molar-refractivity contribution in [3.8, 4) is 11.8 Å². The van der Waals surface area contributed by atoms with Crippen molar-refractivity contribution in [2.75, 3.05) is 5.73 Å². The Morgan fingerprint density at radius 1 is 1.29 bits per heavy atom. The molecule has 0 bridgehead atoms. The Bertz CT molecular complexity index is 481. The zero-order valence-electron chi connectivity index (χ0n) is 9.39. The minimum Gasteiger partial charge on any atom is -0.399 e. The number of halogens is 3. The molecule has 0 aliphatic carbocycles. The van der Waals surface area contributed by atoms with Crippen LogP contribution >= 0.6 is 0 Å². The third-order valence-corrected chi connectivity index (χ3v) is 2.27. The summed E-state index contributed by atoms with van der Waals surface area (Å²) in [5.74, 6) is 4.09.